The van der Waals surface area contributed by atoms with Crippen LogP contribution >= 0.6 is 0 Å². The lowest BCUT2D eigenvalue weighted by Crippen LogP contribution is -1.85. The van der Waals surface area contributed by atoms with E-state index < -0.39 is 0 Å². The molecule has 0 aliphatic rings. The first-order valence-electron chi connectivity index (χ1n) is 3.26. The van der Waals surface area contributed by atoms with E-state index in [1.807, 2.05) is 6.92 Å². The molecule has 9 heavy (non-hydrogen) atoms. The van der Waals surface area contributed by atoms with Crippen molar-refractivity contribution in [2.24, 2.45) is 0 Å². The van der Waals surface area contributed by atoms with E-state index in [2.05, 4.69) is 0 Å². The van der Waals surface area contributed by atoms with Crippen molar-refractivity contribution in [1.29, 1.82) is 0 Å². The summed E-state index contributed by atoms with van der Waals surface area (Å²) in [5, 5.41) is 17.6. The standard InChI is InChI=1S/C7H14O2/c1-3-4-5-7(9)6(2)8/h8-9H,3-5H2,1-2H3. The fourth-order valence-electron chi connectivity index (χ4n) is 0.525. The van der Waals surface area contributed by atoms with Crippen LogP contribution in [-0.2, 0) is 0 Å². The van der Waals surface area contributed by atoms with Gasteiger partial charge in [-0.15, -0.1) is 0 Å². The summed E-state index contributed by atoms with van der Waals surface area (Å²) in [6.07, 6.45) is 2.57. The minimum Gasteiger partial charge on any atom is -0.509 e. The molecule has 0 heterocycles. The second kappa shape index (κ2) is 4.24. The third-order valence-electron chi connectivity index (χ3n) is 1.18. The van der Waals surface area contributed by atoms with Gasteiger partial charge in [-0.25, -0.2) is 0 Å². The molecule has 0 radical (unpaired) electrons. The first-order chi connectivity index (χ1) is 4.18. The van der Waals surface area contributed by atoms with Gasteiger partial charge in [0.1, 0.15) is 11.5 Å². The molecular formula is C7H14O2. The van der Waals surface area contributed by atoms with Gasteiger partial charge in [-0.2, -0.15) is 0 Å². The highest BCUT2D eigenvalue weighted by molar-refractivity contribution is 4.94. The highest BCUT2D eigenvalue weighted by Crippen LogP contribution is 2.06. The smallest absolute Gasteiger partial charge is 0.129 e. The quantitative estimate of drug-likeness (QED) is 0.576. The highest BCUT2D eigenvalue weighted by Gasteiger charge is 1.95. The van der Waals surface area contributed by atoms with Gasteiger partial charge in [0.05, 0.1) is 0 Å². The summed E-state index contributed by atoms with van der Waals surface area (Å²) in [6, 6.07) is 0. The van der Waals surface area contributed by atoms with Crippen molar-refractivity contribution in [1.82, 2.24) is 0 Å². The van der Waals surface area contributed by atoms with Crippen LogP contribution in [0.15, 0.2) is 11.5 Å². The fourth-order valence-corrected chi connectivity index (χ4v) is 0.525. The summed E-state index contributed by atoms with van der Waals surface area (Å²) in [5.41, 5.74) is 0. The minimum atomic E-state index is 0.0449. The molecule has 0 aromatic carbocycles. The van der Waals surface area contributed by atoms with Crippen LogP contribution in [0.25, 0.3) is 0 Å². The Morgan fingerprint density at radius 2 is 1.89 bits per heavy atom. The SMILES string of the molecule is CCCCC(O)=C(C)O. The van der Waals surface area contributed by atoms with E-state index in [1.54, 1.807) is 0 Å². The van der Waals surface area contributed by atoms with Crippen LogP contribution in [-0.4, -0.2) is 10.2 Å². The molecule has 0 amide bonds. The van der Waals surface area contributed by atoms with Crippen molar-refractivity contribution in [3.8, 4) is 0 Å². The molecular weight excluding hydrogens is 116 g/mol. The van der Waals surface area contributed by atoms with Crippen LogP contribution in [0.3, 0.4) is 0 Å². The Balaban J connectivity index is 3.50. The Morgan fingerprint density at radius 3 is 2.22 bits per heavy atom. The maximum atomic E-state index is 8.89. The number of rotatable bonds is 3. The molecule has 0 spiro atoms. The number of hydrogen-bond donors (Lipinski definition) is 2. The average molecular weight is 130 g/mol. The molecule has 0 saturated heterocycles. The van der Waals surface area contributed by atoms with Crippen molar-refractivity contribution < 1.29 is 10.2 Å². The maximum Gasteiger partial charge on any atom is 0.129 e. The summed E-state index contributed by atoms with van der Waals surface area (Å²) in [7, 11) is 0. The summed E-state index contributed by atoms with van der Waals surface area (Å²) in [5.74, 6) is 0.167. The zero-order chi connectivity index (χ0) is 7.28. The van der Waals surface area contributed by atoms with E-state index in [4.69, 9.17) is 10.2 Å². The molecule has 0 aliphatic carbocycles. The summed E-state index contributed by atoms with van der Waals surface area (Å²) >= 11 is 0. The van der Waals surface area contributed by atoms with E-state index in [-0.39, 0.29) is 11.5 Å². The Kier molecular flexibility index (Phi) is 3.93. The normalized spacial score (nSPS) is 13.1. The molecule has 0 aromatic rings. The number of hydrogen-bond acceptors (Lipinski definition) is 2. The molecule has 0 bridgehead atoms. The van der Waals surface area contributed by atoms with Crippen molar-refractivity contribution in [3.05, 3.63) is 11.5 Å². The van der Waals surface area contributed by atoms with Gasteiger partial charge in [0.25, 0.3) is 0 Å². The van der Waals surface area contributed by atoms with Crippen LogP contribution in [0.2, 0.25) is 0 Å². The zero-order valence-electron chi connectivity index (χ0n) is 6.02. The van der Waals surface area contributed by atoms with Gasteiger partial charge in [0.15, 0.2) is 0 Å². The molecule has 0 aromatic heterocycles. The van der Waals surface area contributed by atoms with Gasteiger partial charge in [-0.3, -0.25) is 0 Å². The molecule has 0 atom stereocenters. The van der Waals surface area contributed by atoms with Crippen molar-refractivity contribution in [3.63, 3.8) is 0 Å². The van der Waals surface area contributed by atoms with Gasteiger partial charge in [-0.05, 0) is 13.3 Å². The molecule has 2 nitrogen and oxygen atoms in total. The number of unbranched alkanes of at least 4 members (excludes halogenated alkanes) is 1. The predicted octanol–water partition coefficient (Wildman–Crippen LogP) is 2.52. The third-order valence-corrected chi connectivity index (χ3v) is 1.18. The van der Waals surface area contributed by atoms with Crippen LogP contribution < -0.4 is 0 Å². The molecule has 0 saturated carbocycles. The van der Waals surface area contributed by atoms with E-state index in [0.29, 0.717) is 6.42 Å². The van der Waals surface area contributed by atoms with Gasteiger partial charge >= 0.3 is 0 Å². The monoisotopic (exact) mass is 130 g/mol. The highest BCUT2D eigenvalue weighted by atomic mass is 16.3. The van der Waals surface area contributed by atoms with E-state index in [1.165, 1.54) is 6.92 Å². The lowest BCUT2D eigenvalue weighted by molar-refractivity contribution is 0.310. The van der Waals surface area contributed by atoms with Crippen LogP contribution in [0, 0.1) is 0 Å². The van der Waals surface area contributed by atoms with Crippen LogP contribution in [0.1, 0.15) is 33.1 Å². The molecule has 0 unspecified atom stereocenters. The maximum absolute atomic E-state index is 8.89. The lowest BCUT2D eigenvalue weighted by Gasteiger charge is -1.97. The molecule has 0 fully saturated rings. The predicted molar refractivity (Wildman–Crippen MR) is 37.5 cm³/mol. The molecule has 2 heteroatoms. The number of aliphatic hydroxyl groups excluding tert-OH is 2. The van der Waals surface area contributed by atoms with E-state index >= 15 is 0 Å². The van der Waals surface area contributed by atoms with Crippen LogP contribution in [0.4, 0.5) is 0 Å². The topological polar surface area (TPSA) is 40.5 Å². The van der Waals surface area contributed by atoms with Crippen LogP contribution in [0.5, 0.6) is 0 Å². The first-order valence-corrected chi connectivity index (χ1v) is 3.26. The Morgan fingerprint density at radius 1 is 1.33 bits per heavy atom. The van der Waals surface area contributed by atoms with Gasteiger partial charge in [-0.1, -0.05) is 13.3 Å². The third kappa shape index (κ3) is 3.88. The zero-order valence-corrected chi connectivity index (χ0v) is 6.02. The molecule has 54 valence electrons. The molecule has 0 rings (SSSR count). The Hall–Kier alpha value is -0.660. The van der Waals surface area contributed by atoms with E-state index in [9.17, 15) is 0 Å². The summed E-state index contributed by atoms with van der Waals surface area (Å²) in [4.78, 5) is 0. The number of aliphatic hydroxyl groups is 2. The summed E-state index contributed by atoms with van der Waals surface area (Å²) < 4.78 is 0. The fraction of sp³-hybridized carbons (Fsp3) is 0.714. The van der Waals surface area contributed by atoms with Gasteiger partial charge in [0.2, 0.25) is 0 Å². The second-order valence-corrected chi connectivity index (χ2v) is 2.14. The largest absolute Gasteiger partial charge is 0.509 e. The summed E-state index contributed by atoms with van der Waals surface area (Å²) in [6.45, 7) is 3.53. The van der Waals surface area contributed by atoms with Gasteiger partial charge < -0.3 is 10.2 Å². The lowest BCUT2D eigenvalue weighted by atomic mass is 10.2. The van der Waals surface area contributed by atoms with Gasteiger partial charge in [0, 0.05) is 6.42 Å². The first kappa shape index (κ1) is 8.34. The van der Waals surface area contributed by atoms with Crippen molar-refractivity contribution in [2.45, 2.75) is 33.1 Å². The second-order valence-electron chi connectivity index (χ2n) is 2.14. The Labute approximate surface area is 55.8 Å². The molecule has 2 N–H and O–H groups in total. The number of allylic oxidation sites excluding steroid dienone is 2. The van der Waals surface area contributed by atoms with Crippen molar-refractivity contribution >= 4 is 0 Å². The average Bonchev–Trinajstić information content (AvgIpc) is 1.82. The Bertz CT molecular complexity index is 101. The molecule has 0 aliphatic heterocycles. The minimum absolute atomic E-state index is 0.0449. The van der Waals surface area contributed by atoms with Crippen molar-refractivity contribution in [2.75, 3.05) is 0 Å². The van der Waals surface area contributed by atoms with E-state index in [0.717, 1.165) is 12.8 Å².